The third kappa shape index (κ3) is 5.85. The number of rotatable bonds is 7. The Morgan fingerprint density at radius 1 is 1.06 bits per heavy atom. The first-order chi connectivity index (χ1) is 15.6. The van der Waals surface area contributed by atoms with Gasteiger partial charge in [0.25, 0.3) is 5.91 Å². The maximum atomic E-state index is 13.6. The van der Waals surface area contributed by atoms with Crippen LogP contribution in [0.4, 0.5) is 8.78 Å². The number of benzene rings is 2. The van der Waals surface area contributed by atoms with E-state index in [0.717, 1.165) is 12.1 Å². The van der Waals surface area contributed by atoms with Gasteiger partial charge in [-0.2, -0.15) is 4.31 Å². The summed E-state index contributed by atoms with van der Waals surface area (Å²) in [5.41, 5.74) is 0.425. The summed E-state index contributed by atoms with van der Waals surface area (Å²) in [6.45, 7) is 2.47. The zero-order chi connectivity index (χ0) is 24.2. The van der Waals surface area contributed by atoms with Crippen LogP contribution in [0.1, 0.15) is 28.8 Å². The van der Waals surface area contributed by atoms with Crippen LogP contribution in [-0.4, -0.2) is 67.3 Å². The van der Waals surface area contributed by atoms with E-state index >= 15 is 0 Å². The Hall–Kier alpha value is -3.05. The van der Waals surface area contributed by atoms with Crippen molar-refractivity contribution in [2.24, 2.45) is 0 Å². The fourth-order valence-electron chi connectivity index (χ4n) is 3.51. The van der Waals surface area contributed by atoms with E-state index in [2.05, 4.69) is 5.32 Å². The minimum atomic E-state index is -3.88. The van der Waals surface area contributed by atoms with Gasteiger partial charge < -0.3 is 15.3 Å². The van der Waals surface area contributed by atoms with Crippen LogP contribution in [0.2, 0.25) is 0 Å². The quantitative estimate of drug-likeness (QED) is 0.589. The van der Waals surface area contributed by atoms with E-state index < -0.39 is 27.6 Å². The first kappa shape index (κ1) is 24.6. The average Bonchev–Trinajstić information content (AvgIpc) is 2.78. The molecule has 2 amide bonds. The zero-order valence-corrected chi connectivity index (χ0v) is 18.9. The number of nitrogens with one attached hydrogen (secondary N) is 1. The van der Waals surface area contributed by atoms with Crippen LogP contribution in [0.3, 0.4) is 0 Å². The second-order valence-corrected chi connectivity index (χ2v) is 9.65. The van der Waals surface area contributed by atoms with Gasteiger partial charge in [0.05, 0.1) is 5.56 Å². The lowest BCUT2D eigenvalue weighted by molar-refractivity contribution is -0.132. The minimum Gasteiger partial charge on any atom is -0.507 e. The van der Waals surface area contributed by atoms with Crippen molar-refractivity contribution in [3.63, 3.8) is 0 Å². The van der Waals surface area contributed by atoms with E-state index in [1.807, 2.05) is 0 Å². The third-order valence-electron chi connectivity index (χ3n) is 5.35. The topological polar surface area (TPSA) is 107 Å². The number of piperazine rings is 1. The summed E-state index contributed by atoms with van der Waals surface area (Å²) in [6.07, 6.45) is 0.431. The van der Waals surface area contributed by atoms with Crippen LogP contribution in [0.25, 0.3) is 0 Å². The number of nitrogens with zero attached hydrogens (tertiary/aromatic N) is 2. The van der Waals surface area contributed by atoms with Crippen molar-refractivity contribution in [3.8, 4) is 5.75 Å². The molecule has 1 saturated heterocycles. The highest BCUT2D eigenvalue weighted by molar-refractivity contribution is 7.89. The van der Waals surface area contributed by atoms with Crippen LogP contribution in [0.5, 0.6) is 5.75 Å². The maximum Gasteiger partial charge on any atom is 0.254 e. The lowest BCUT2D eigenvalue weighted by atomic mass is 10.2. The first-order valence-electron chi connectivity index (χ1n) is 10.4. The summed E-state index contributed by atoms with van der Waals surface area (Å²) in [5, 5.41) is 12.5. The number of hydrogen-bond donors (Lipinski definition) is 2. The molecule has 8 nitrogen and oxygen atoms in total. The highest BCUT2D eigenvalue weighted by atomic mass is 32.2. The monoisotopic (exact) mass is 481 g/mol. The van der Waals surface area contributed by atoms with Gasteiger partial charge in [0.1, 0.15) is 22.3 Å². The van der Waals surface area contributed by atoms with Gasteiger partial charge in [0.15, 0.2) is 0 Å². The van der Waals surface area contributed by atoms with Gasteiger partial charge in [-0.25, -0.2) is 17.2 Å². The summed E-state index contributed by atoms with van der Waals surface area (Å²) >= 11 is 0. The van der Waals surface area contributed by atoms with Gasteiger partial charge in [0, 0.05) is 45.2 Å². The van der Waals surface area contributed by atoms with Crippen molar-refractivity contribution in [2.45, 2.75) is 24.7 Å². The van der Waals surface area contributed by atoms with Gasteiger partial charge in [-0.3, -0.25) is 9.59 Å². The zero-order valence-electron chi connectivity index (χ0n) is 18.1. The molecule has 2 aromatic carbocycles. The van der Waals surface area contributed by atoms with Gasteiger partial charge in [0.2, 0.25) is 15.9 Å². The summed E-state index contributed by atoms with van der Waals surface area (Å²) in [5.74, 6) is -2.94. The molecule has 178 valence electrons. The Balaban J connectivity index is 1.46. The number of halogens is 2. The van der Waals surface area contributed by atoms with Crippen molar-refractivity contribution in [1.82, 2.24) is 14.5 Å². The molecule has 33 heavy (non-hydrogen) atoms. The fraction of sp³-hybridized carbons (Fsp3) is 0.364. The molecule has 1 aliphatic rings. The highest BCUT2D eigenvalue weighted by Gasteiger charge is 2.31. The minimum absolute atomic E-state index is 0.0992. The number of amides is 2. The van der Waals surface area contributed by atoms with Gasteiger partial charge in [-0.15, -0.1) is 0 Å². The van der Waals surface area contributed by atoms with Crippen LogP contribution in [0, 0.1) is 18.6 Å². The Morgan fingerprint density at radius 2 is 1.76 bits per heavy atom. The number of aromatic hydroxyl groups is 1. The molecule has 0 spiro atoms. The number of sulfonamides is 1. The smallest absolute Gasteiger partial charge is 0.254 e. The number of carbonyl (C=O) groups excluding carboxylic acids is 2. The Kier molecular flexibility index (Phi) is 7.65. The van der Waals surface area contributed by atoms with Crippen molar-refractivity contribution >= 4 is 21.8 Å². The van der Waals surface area contributed by atoms with E-state index in [4.69, 9.17) is 0 Å². The van der Waals surface area contributed by atoms with Crippen molar-refractivity contribution in [2.75, 3.05) is 32.7 Å². The average molecular weight is 482 g/mol. The first-order valence-corrected chi connectivity index (χ1v) is 11.8. The molecule has 1 fully saturated rings. The van der Waals surface area contributed by atoms with Crippen molar-refractivity contribution in [1.29, 1.82) is 0 Å². The summed E-state index contributed by atoms with van der Waals surface area (Å²) in [6, 6.07) is 7.03. The molecular formula is C22H25F2N3O5S. The molecule has 11 heteroatoms. The van der Waals surface area contributed by atoms with Crippen molar-refractivity contribution < 1.29 is 31.9 Å². The van der Waals surface area contributed by atoms with Crippen LogP contribution in [-0.2, 0) is 14.8 Å². The van der Waals surface area contributed by atoms with E-state index in [1.54, 1.807) is 17.9 Å². The number of hydrogen-bond acceptors (Lipinski definition) is 5. The van der Waals surface area contributed by atoms with E-state index in [1.165, 1.54) is 16.4 Å². The molecule has 1 heterocycles. The molecule has 0 unspecified atom stereocenters. The Morgan fingerprint density at radius 3 is 2.42 bits per heavy atom. The van der Waals surface area contributed by atoms with Gasteiger partial charge in [-0.05, 0) is 43.2 Å². The Labute approximate surface area is 190 Å². The molecule has 2 aromatic rings. The molecule has 0 bridgehead atoms. The number of phenolic OH excluding ortho intramolecular Hbond substituents is 1. The second kappa shape index (κ2) is 10.3. The van der Waals surface area contributed by atoms with Gasteiger partial charge in [-0.1, -0.05) is 6.07 Å². The molecule has 0 radical (unpaired) electrons. The third-order valence-corrected chi connectivity index (χ3v) is 7.28. The predicted molar refractivity (Wildman–Crippen MR) is 116 cm³/mol. The standard InChI is InChI=1S/C22H25F2N3O5S/c1-15-4-7-19(28)20(13-15)33(31,32)27-11-9-26(10-12-27)21(29)3-2-8-25-22(30)17-6-5-16(23)14-18(17)24/h4-7,13-14,28H,2-3,8-12H2,1H3,(H,25,30). The van der Waals surface area contributed by atoms with E-state index in [-0.39, 0.29) is 61.3 Å². The molecule has 0 aliphatic carbocycles. The largest absolute Gasteiger partial charge is 0.507 e. The lowest BCUT2D eigenvalue weighted by Gasteiger charge is -2.34. The fourth-order valence-corrected chi connectivity index (χ4v) is 5.10. The van der Waals surface area contributed by atoms with Crippen LogP contribution < -0.4 is 5.32 Å². The molecule has 3 rings (SSSR count). The predicted octanol–water partition coefficient (Wildman–Crippen LogP) is 2.02. The highest BCUT2D eigenvalue weighted by Crippen LogP contribution is 2.27. The lowest BCUT2D eigenvalue weighted by Crippen LogP contribution is -2.50. The van der Waals surface area contributed by atoms with Crippen molar-refractivity contribution in [3.05, 3.63) is 59.2 Å². The number of phenols is 1. The summed E-state index contributed by atoms with van der Waals surface area (Å²) in [7, 11) is -3.88. The molecule has 0 saturated carbocycles. The second-order valence-electron chi connectivity index (χ2n) is 7.74. The number of carbonyl (C=O) groups is 2. The Bertz CT molecular complexity index is 1150. The normalized spacial score (nSPS) is 14.8. The molecular weight excluding hydrogens is 456 g/mol. The molecule has 0 atom stereocenters. The van der Waals surface area contributed by atoms with E-state index in [9.17, 15) is 31.9 Å². The van der Waals surface area contributed by atoms with Crippen LogP contribution >= 0.6 is 0 Å². The molecule has 0 aromatic heterocycles. The number of aryl methyl sites for hydroxylation is 1. The maximum absolute atomic E-state index is 13.6. The summed E-state index contributed by atoms with van der Waals surface area (Å²) in [4.78, 5) is 25.8. The SMILES string of the molecule is Cc1ccc(O)c(S(=O)(=O)N2CCN(C(=O)CCCNC(=O)c3ccc(F)cc3F)CC2)c1. The molecule has 2 N–H and O–H groups in total. The summed E-state index contributed by atoms with van der Waals surface area (Å²) < 4.78 is 53.5. The van der Waals surface area contributed by atoms with Gasteiger partial charge >= 0.3 is 0 Å². The van der Waals surface area contributed by atoms with Crippen LogP contribution in [0.15, 0.2) is 41.3 Å². The van der Waals surface area contributed by atoms with E-state index in [0.29, 0.717) is 18.1 Å². The molecule has 1 aliphatic heterocycles.